The summed E-state index contributed by atoms with van der Waals surface area (Å²) in [5.74, 6) is 6.41. The Morgan fingerprint density at radius 1 is 1.26 bits per heavy atom. The molecule has 3 rings (SSSR count). The fourth-order valence-corrected chi connectivity index (χ4v) is 3.37. The van der Waals surface area contributed by atoms with Crippen LogP contribution in [0.1, 0.15) is 42.6 Å². The van der Waals surface area contributed by atoms with Gasteiger partial charge in [0.2, 0.25) is 0 Å². The van der Waals surface area contributed by atoms with Gasteiger partial charge in [0.25, 0.3) is 5.91 Å². The Balaban J connectivity index is 1.78. The van der Waals surface area contributed by atoms with Gasteiger partial charge in [-0.1, -0.05) is 6.42 Å². The Labute approximate surface area is 112 Å². The standard InChI is InChI=1S/C13H19N5O/c14-17-12-8-15-10(7-16-12)13(19)18-6-2-4-9-3-1-5-11(9)18/h7-9,11H,1-6,14H2,(H,16,17). The highest BCUT2D eigenvalue weighted by atomic mass is 16.2. The van der Waals surface area contributed by atoms with Crippen molar-refractivity contribution in [2.45, 2.75) is 38.1 Å². The molecule has 2 atom stereocenters. The van der Waals surface area contributed by atoms with Gasteiger partial charge in [0.05, 0.1) is 12.4 Å². The zero-order valence-corrected chi connectivity index (χ0v) is 10.9. The summed E-state index contributed by atoms with van der Waals surface area (Å²) in [4.78, 5) is 22.7. The summed E-state index contributed by atoms with van der Waals surface area (Å²) in [5, 5.41) is 0. The summed E-state index contributed by atoms with van der Waals surface area (Å²) in [6.45, 7) is 0.846. The largest absolute Gasteiger partial charge is 0.334 e. The molecule has 0 radical (unpaired) electrons. The number of nitrogen functional groups attached to an aromatic ring is 1. The third-order valence-electron chi connectivity index (χ3n) is 4.27. The average Bonchev–Trinajstić information content (AvgIpc) is 2.95. The maximum absolute atomic E-state index is 12.5. The molecule has 6 heteroatoms. The first kappa shape index (κ1) is 12.3. The molecule has 19 heavy (non-hydrogen) atoms. The Morgan fingerprint density at radius 2 is 2.11 bits per heavy atom. The normalized spacial score (nSPS) is 26.1. The second-order valence-electron chi connectivity index (χ2n) is 5.33. The van der Waals surface area contributed by atoms with Gasteiger partial charge in [0, 0.05) is 12.6 Å². The van der Waals surface area contributed by atoms with E-state index in [4.69, 9.17) is 5.84 Å². The summed E-state index contributed by atoms with van der Waals surface area (Å²) >= 11 is 0. The topological polar surface area (TPSA) is 84.1 Å². The molecule has 1 aromatic rings. The van der Waals surface area contributed by atoms with Crippen LogP contribution >= 0.6 is 0 Å². The van der Waals surface area contributed by atoms with E-state index in [2.05, 4.69) is 15.4 Å². The van der Waals surface area contributed by atoms with Gasteiger partial charge in [-0.05, 0) is 31.6 Å². The van der Waals surface area contributed by atoms with E-state index in [0.717, 1.165) is 19.4 Å². The van der Waals surface area contributed by atoms with E-state index in [0.29, 0.717) is 23.5 Å². The monoisotopic (exact) mass is 261 g/mol. The third-order valence-corrected chi connectivity index (χ3v) is 4.27. The number of carbonyl (C=O) groups is 1. The Hall–Kier alpha value is -1.69. The number of nitrogens with zero attached hydrogens (tertiary/aromatic N) is 3. The second-order valence-corrected chi connectivity index (χ2v) is 5.33. The number of likely N-dealkylation sites (tertiary alicyclic amines) is 1. The van der Waals surface area contributed by atoms with Crippen molar-refractivity contribution in [3.05, 3.63) is 18.1 Å². The lowest BCUT2D eigenvalue weighted by Crippen LogP contribution is -2.46. The van der Waals surface area contributed by atoms with E-state index >= 15 is 0 Å². The molecule has 0 bridgehead atoms. The smallest absolute Gasteiger partial charge is 0.274 e. The van der Waals surface area contributed by atoms with Crippen LogP contribution < -0.4 is 11.3 Å². The number of anilines is 1. The van der Waals surface area contributed by atoms with Crippen LogP contribution in [0.25, 0.3) is 0 Å². The highest BCUT2D eigenvalue weighted by Crippen LogP contribution is 2.37. The van der Waals surface area contributed by atoms with Crippen molar-refractivity contribution in [1.82, 2.24) is 14.9 Å². The van der Waals surface area contributed by atoms with Crippen molar-refractivity contribution in [3.63, 3.8) is 0 Å². The Bertz CT molecular complexity index is 461. The summed E-state index contributed by atoms with van der Waals surface area (Å²) in [5.41, 5.74) is 2.82. The van der Waals surface area contributed by atoms with Crippen molar-refractivity contribution in [3.8, 4) is 0 Å². The molecule has 2 fully saturated rings. The molecule has 6 nitrogen and oxygen atoms in total. The number of hydrogen-bond acceptors (Lipinski definition) is 5. The van der Waals surface area contributed by atoms with Crippen molar-refractivity contribution in [1.29, 1.82) is 0 Å². The molecule has 2 aliphatic rings. The molecule has 0 spiro atoms. The molecule has 3 N–H and O–H groups in total. The van der Waals surface area contributed by atoms with Crippen LogP contribution in [-0.2, 0) is 0 Å². The van der Waals surface area contributed by atoms with Gasteiger partial charge in [-0.15, -0.1) is 0 Å². The SMILES string of the molecule is NNc1cnc(C(=O)N2CCCC3CCCC32)cn1. The van der Waals surface area contributed by atoms with Gasteiger partial charge in [0.1, 0.15) is 5.69 Å². The van der Waals surface area contributed by atoms with E-state index in [-0.39, 0.29) is 5.91 Å². The summed E-state index contributed by atoms with van der Waals surface area (Å²) in [6, 6.07) is 0.412. The fourth-order valence-electron chi connectivity index (χ4n) is 3.37. The van der Waals surface area contributed by atoms with Gasteiger partial charge in [-0.2, -0.15) is 0 Å². The summed E-state index contributed by atoms with van der Waals surface area (Å²) in [6.07, 6.45) is 8.97. The molecule has 1 aliphatic carbocycles. The maximum atomic E-state index is 12.5. The zero-order chi connectivity index (χ0) is 13.2. The molecular formula is C13H19N5O. The molecule has 102 valence electrons. The number of hydrazine groups is 1. The predicted molar refractivity (Wildman–Crippen MR) is 71.2 cm³/mol. The third kappa shape index (κ3) is 2.28. The minimum Gasteiger partial charge on any atom is -0.334 e. The van der Waals surface area contributed by atoms with Crippen LogP contribution in [0.5, 0.6) is 0 Å². The first-order chi connectivity index (χ1) is 9.29. The number of aromatic nitrogens is 2. The number of amides is 1. The van der Waals surface area contributed by atoms with Crippen LogP contribution in [0.2, 0.25) is 0 Å². The van der Waals surface area contributed by atoms with Crippen LogP contribution in [0.4, 0.5) is 5.82 Å². The molecule has 1 aromatic heterocycles. The summed E-state index contributed by atoms with van der Waals surface area (Å²) in [7, 11) is 0. The Kier molecular flexibility index (Phi) is 3.33. The highest BCUT2D eigenvalue weighted by Gasteiger charge is 2.37. The van der Waals surface area contributed by atoms with Crippen molar-refractivity contribution < 1.29 is 4.79 Å². The number of carbonyl (C=O) groups excluding carboxylic acids is 1. The summed E-state index contributed by atoms with van der Waals surface area (Å²) < 4.78 is 0. The lowest BCUT2D eigenvalue weighted by molar-refractivity contribution is 0.0542. The number of piperidine rings is 1. The quantitative estimate of drug-likeness (QED) is 0.616. The molecule has 1 aliphatic heterocycles. The number of hydrogen-bond donors (Lipinski definition) is 2. The molecule has 2 heterocycles. The first-order valence-electron chi connectivity index (χ1n) is 6.89. The van der Waals surface area contributed by atoms with E-state index in [1.807, 2.05) is 4.90 Å². The molecule has 1 saturated carbocycles. The van der Waals surface area contributed by atoms with Crippen LogP contribution in [0, 0.1) is 5.92 Å². The van der Waals surface area contributed by atoms with Gasteiger partial charge < -0.3 is 10.3 Å². The minimum absolute atomic E-state index is 0.00710. The fraction of sp³-hybridized carbons (Fsp3) is 0.615. The average molecular weight is 261 g/mol. The number of nitrogens with two attached hydrogens (primary N) is 1. The van der Waals surface area contributed by atoms with Crippen LogP contribution in [0.3, 0.4) is 0 Å². The Morgan fingerprint density at radius 3 is 2.84 bits per heavy atom. The van der Waals surface area contributed by atoms with Crippen molar-refractivity contribution in [2.75, 3.05) is 12.0 Å². The molecule has 0 aromatic carbocycles. The first-order valence-corrected chi connectivity index (χ1v) is 6.89. The number of rotatable bonds is 2. The lowest BCUT2D eigenvalue weighted by Gasteiger charge is -2.37. The molecule has 2 unspecified atom stereocenters. The highest BCUT2D eigenvalue weighted by molar-refractivity contribution is 5.92. The second kappa shape index (κ2) is 5.13. The van der Waals surface area contributed by atoms with E-state index in [9.17, 15) is 4.79 Å². The zero-order valence-electron chi connectivity index (χ0n) is 10.9. The predicted octanol–water partition coefficient (Wildman–Crippen LogP) is 1.17. The molecular weight excluding hydrogens is 242 g/mol. The van der Waals surface area contributed by atoms with Gasteiger partial charge in [-0.3, -0.25) is 4.79 Å². The van der Waals surface area contributed by atoms with Crippen LogP contribution in [0.15, 0.2) is 12.4 Å². The van der Waals surface area contributed by atoms with Gasteiger partial charge in [-0.25, -0.2) is 15.8 Å². The number of fused-ring (bicyclic) bond motifs is 1. The molecule has 1 saturated heterocycles. The lowest BCUT2D eigenvalue weighted by atomic mass is 9.92. The van der Waals surface area contributed by atoms with Crippen LogP contribution in [-0.4, -0.2) is 33.4 Å². The van der Waals surface area contributed by atoms with Crippen molar-refractivity contribution >= 4 is 11.7 Å². The van der Waals surface area contributed by atoms with Crippen molar-refractivity contribution in [2.24, 2.45) is 11.8 Å². The van der Waals surface area contributed by atoms with Gasteiger partial charge in [0.15, 0.2) is 5.82 Å². The number of nitrogens with one attached hydrogen (secondary N) is 1. The molecule has 1 amide bonds. The minimum atomic E-state index is 0.00710. The van der Waals surface area contributed by atoms with Gasteiger partial charge >= 0.3 is 0 Å². The maximum Gasteiger partial charge on any atom is 0.274 e. The van der Waals surface area contributed by atoms with E-state index in [1.165, 1.54) is 31.7 Å². The van der Waals surface area contributed by atoms with E-state index < -0.39 is 0 Å². The van der Waals surface area contributed by atoms with E-state index in [1.54, 1.807) is 0 Å².